The van der Waals surface area contributed by atoms with Crippen LogP contribution in [0.25, 0.3) is 0 Å². The Balaban J connectivity index is 2.04. The normalized spacial score (nSPS) is 10.4. The second-order valence-corrected chi connectivity index (χ2v) is 6.91. The zero-order valence-electron chi connectivity index (χ0n) is 14.3. The molecule has 2 aromatic carbocycles. The van der Waals surface area contributed by atoms with Crippen LogP contribution in [0.3, 0.4) is 0 Å². The predicted octanol–water partition coefficient (Wildman–Crippen LogP) is 4.09. The highest BCUT2D eigenvalue weighted by Crippen LogP contribution is 2.21. The lowest BCUT2D eigenvalue weighted by molar-refractivity contribution is -0.116. The molecule has 1 N–H and O–H groups in total. The maximum absolute atomic E-state index is 12.4. The predicted molar refractivity (Wildman–Crippen MR) is 100 cm³/mol. The molecule has 2 aromatic rings. The highest BCUT2D eigenvalue weighted by molar-refractivity contribution is 9.10. The Hall–Kier alpha value is -2.14. The van der Waals surface area contributed by atoms with E-state index < -0.39 is 0 Å². The highest BCUT2D eigenvalue weighted by atomic mass is 79.9. The first-order valence-electron chi connectivity index (χ1n) is 7.66. The van der Waals surface area contributed by atoms with E-state index in [1.54, 1.807) is 31.3 Å². The van der Waals surface area contributed by atoms with E-state index in [1.165, 1.54) is 4.90 Å². The Morgan fingerprint density at radius 1 is 1.04 bits per heavy atom. The van der Waals surface area contributed by atoms with Gasteiger partial charge in [0.05, 0.1) is 6.54 Å². The topological polar surface area (TPSA) is 49.4 Å². The minimum absolute atomic E-state index is 0.00164. The molecule has 0 saturated carbocycles. The van der Waals surface area contributed by atoms with Crippen molar-refractivity contribution in [1.82, 2.24) is 4.90 Å². The minimum atomic E-state index is -0.210. The van der Waals surface area contributed by atoms with Crippen LogP contribution in [0, 0.1) is 20.8 Å². The number of likely N-dealkylation sites (N-methyl/N-ethyl adjacent to an activating group) is 1. The van der Waals surface area contributed by atoms with Gasteiger partial charge >= 0.3 is 0 Å². The summed E-state index contributed by atoms with van der Waals surface area (Å²) in [6.07, 6.45) is 0. The van der Waals surface area contributed by atoms with Crippen LogP contribution >= 0.6 is 15.9 Å². The number of carbonyl (C=O) groups excluding carboxylic acids is 2. The first-order chi connectivity index (χ1) is 11.3. The van der Waals surface area contributed by atoms with Crippen molar-refractivity contribution in [2.75, 3.05) is 18.9 Å². The van der Waals surface area contributed by atoms with Crippen LogP contribution in [-0.2, 0) is 4.79 Å². The summed E-state index contributed by atoms with van der Waals surface area (Å²) in [6, 6.07) is 11.1. The number of carbonyl (C=O) groups is 2. The molecule has 2 amide bonds. The van der Waals surface area contributed by atoms with Gasteiger partial charge in [-0.05, 0) is 56.2 Å². The van der Waals surface area contributed by atoms with E-state index in [0.717, 1.165) is 26.9 Å². The molecule has 0 radical (unpaired) electrons. The monoisotopic (exact) mass is 388 g/mol. The van der Waals surface area contributed by atoms with Gasteiger partial charge < -0.3 is 10.2 Å². The van der Waals surface area contributed by atoms with Crippen LogP contribution in [0.5, 0.6) is 0 Å². The number of nitrogens with one attached hydrogen (secondary N) is 1. The number of amides is 2. The lowest BCUT2D eigenvalue weighted by atomic mass is 10.1. The van der Waals surface area contributed by atoms with Gasteiger partial charge in [-0.3, -0.25) is 9.59 Å². The SMILES string of the molecule is Cc1cc(C)c(NC(=O)CN(C)C(=O)c2ccc(Br)cc2)c(C)c1. The summed E-state index contributed by atoms with van der Waals surface area (Å²) in [6.45, 7) is 5.95. The van der Waals surface area contributed by atoms with Gasteiger partial charge in [0.15, 0.2) is 0 Å². The smallest absolute Gasteiger partial charge is 0.254 e. The molecule has 0 unspecified atom stereocenters. The van der Waals surface area contributed by atoms with Gasteiger partial charge in [-0.25, -0.2) is 0 Å². The van der Waals surface area contributed by atoms with E-state index in [-0.39, 0.29) is 18.4 Å². The first kappa shape index (κ1) is 18.2. The maximum Gasteiger partial charge on any atom is 0.254 e. The number of rotatable bonds is 4. The molecule has 0 aliphatic carbocycles. The molecule has 24 heavy (non-hydrogen) atoms. The third kappa shape index (κ3) is 4.45. The highest BCUT2D eigenvalue weighted by Gasteiger charge is 2.16. The van der Waals surface area contributed by atoms with Crippen molar-refractivity contribution in [3.8, 4) is 0 Å². The fourth-order valence-electron chi connectivity index (χ4n) is 2.66. The lowest BCUT2D eigenvalue weighted by Crippen LogP contribution is -2.35. The summed E-state index contributed by atoms with van der Waals surface area (Å²) in [5, 5.41) is 2.91. The Morgan fingerprint density at radius 3 is 2.12 bits per heavy atom. The van der Waals surface area contributed by atoms with Gasteiger partial charge in [0.1, 0.15) is 0 Å². The van der Waals surface area contributed by atoms with Crippen molar-refractivity contribution in [1.29, 1.82) is 0 Å². The molecule has 0 bridgehead atoms. The van der Waals surface area contributed by atoms with E-state index >= 15 is 0 Å². The van der Waals surface area contributed by atoms with Gasteiger partial charge in [-0.15, -0.1) is 0 Å². The molecule has 0 fully saturated rings. The number of aryl methyl sites for hydroxylation is 3. The van der Waals surface area contributed by atoms with Gasteiger partial charge in [0.25, 0.3) is 5.91 Å². The Kier molecular flexibility index (Phi) is 5.78. The third-order valence-electron chi connectivity index (χ3n) is 3.76. The summed E-state index contributed by atoms with van der Waals surface area (Å²) >= 11 is 3.34. The van der Waals surface area contributed by atoms with E-state index in [2.05, 4.69) is 21.2 Å². The summed E-state index contributed by atoms with van der Waals surface area (Å²) in [5.41, 5.74) is 4.56. The van der Waals surface area contributed by atoms with Crippen LogP contribution in [0.4, 0.5) is 5.69 Å². The molecule has 2 rings (SSSR count). The molecule has 0 aromatic heterocycles. The molecule has 0 aliphatic rings. The summed E-state index contributed by atoms with van der Waals surface area (Å²) < 4.78 is 0.907. The van der Waals surface area contributed by atoms with Crippen molar-refractivity contribution in [2.45, 2.75) is 20.8 Å². The molecule has 126 valence electrons. The number of halogens is 1. The molecule has 0 heterocycles. The molecular formula is C19H21BrN2O2. The second-order valence-electron chi connectivity index (χ2n) is 5.99. The zero-order valence-corrected chi connectivity index (χ0v) is 15.9. The van der Waals surface area contributed by atoms with Gasteiger partial charge in [0.2, 0.25) is 5.91 Å². The maximum atomic E-state index is 12.4. The van der Waals surface area contributed by atoms with E-state index in [1.807, 2.05) is 32.9 Å². The minimum Gasteiger partial charge on any atom is -0.332 e. The third-order valence-corrected chi connectivity index (χ3v) is 4.29. The molecule has 0 saturated heterocycles. The number of hydrogen-bond acceptors (Lipinski definition) is 2. The van der Waals surface area contributed by atoms with Crippen molar-refractivity contribution in [2.24, 2.45) is 0 Å². The lowest BCUT2D eigenvalue weighted by Gasteiger charge is -2.18. The Morgan fingerprint density at radius 2 is 1.58 bits per heavy atom. The Bertz CT molecular complexity index is 746. The van der Waals surface area contributed by atoms with Crippen LogP contribution in [0.2, 0.25) is 0 Å². The fraction of sp³-hybridized carbons (Fsp3) is 0.263. The fourth-order valence-corrected chi connectivity index (χ4v) is 2.92. The zero-order chi connectivity index (χ0) is 17.9. The largest absolute Gasteiger partial charge is 0.332 e. The molecule has 5 heteroatoms. The van der Waals surface area contributed by atoms with E-state index in [4.69, 9.17) is 0 Å². The molecule has 4 nitrogen and oxygen atoms in total. The van der Waals surface area contributed by atoms with Crippen molar-refractivity contribution < 1.29 is 9.59 Å². The molecule has 0 spiro atoms. The molecule has 0 atom stereocenters. The van der Waals surface area contributed by atoms with Crippen molar-refractivity contribution in [3.63, 3.8) is 0 Å². The second kappa shape index (κ2) is 7.62. The van der Waals surface area contributed by atoms with E-state index in [9.17, 15) is 9.59 Å². The number of hydrogen-bond donors (Lipinski definition) is 1. The molecular weight excluding hydrogens is 368 g/mol. The average molecular weight is 389 g/mol. The van der Waals surface area contributed by atoms with Crippen LogP contribution in [0.15, 0.2) is 40.9 Å². The first-order valence-corrected chi connectivity index (χ1v) is 8.46. The number of benzene rings is 2. The summed E-state index contributed by atoms with van der Waals surface area (Å²) in [5.74, 6) is -0.395. The molecule has 0 aliphatic heterocycles. The summed E-state index contributed by atoms with van der Waals surface area (Å²) in [7, 11) is 1.62. The quantitative estimate of drug-likeness (QED) is 0.857. The standard InChI is InChI=1S/C19H21BrN2O2/c1-12-9-13(2)18(14(3)10-12)21-17(23)11-22(4)19(24)15-5-7-16(20)8-6-15/h5-10H,11H2,1-4H3,(H,21,23). The number of nitrogens with zero attached hydrogens (tertiary/aromatic N) is 1. The van der Waals surface area contributed by atoms with Crippen LogP contribution in [0.1, 0.15) is 27.0 Å². The average Bonchev–Trinajstić information content (AvgIpc) is 2.50. The van der Waals surface area contributed by atoms with Crippen molar-refractivity contribution >= 4 is 33.4 Å². The van der Waals surface area contributed by atoms with Crippen molar-refractivity contribution in [3.05, 3.63) is 63.1 Å². The van der Waals surface area contributed by atoms with Gasteiger partial charge in [-0.1, -0.05) is 33.6 Å². The summed E-state index contributed by atoms with van der Waals surface area (Å²) in [4.78, 5) is 26.1. The van der Waals surface area contributed by atoms with Crippen LogP contribution < -0.4 is 5.32 Å². The van der Waals surface area contributed by atoms with Gasteiger partial charge in [-0.2, -0.15) is 0 Å². The van der Waals surface area contributed by atoms with Gasteiger partial charge in [0, 0.05) is 22.8 Å². The van der Waals surface area contributed by atoms with E-state index in [0.29, 0.717) is 5.56 Å². The Labute approximate surface area is 151 Å². The number of anilines is 1. The van der Waals surface area contributed by atoms with Crippen LogP contribution in [-0.4, -0.2) is 30.3 Å².